The molecule has 0 saturated carbocycles. The maximum absolute atomic E-state index is 14.5. The van der Waals surface area contributed by atoms with Gasteiger partial charge in [-0.25, -0.2) is 18.4 Å². The molecule has 0 aliphatic rings. The molecule has 0 rings (SSSR count). The Morgan fingerprint density at radius 1 is 1.14 bits per heavy atom. The molecule has 0 aliphatic heterocycles. The predicted molar refractivity (Wildman–Crippen MR) is 70.8 cm³/mol. The Morgan fingerprint density at radius 2 is 1.59 bits per heavy atom. The van der Waals surface area contributed by atoms with Crippen LogP contribution in [0.5, 0.6) is 0 Å². The lowest BCUT2D eigenvalue weighted by Crippen LogP contribution is -2.56. The Kier molecular flexibility index (Phi) is 7.02. The van der Waals surface area contributed by atoms with Crippen LogP contribution in [-0.4, -0.2) is 42.9 Å². The predicted octanol–water partition coefficient (Wildman–Crippen LogP) is 2.70. The number of hydrogen-bond donors (Lipinski definition) is 0. The normalized spacial score (nSPS) is 15.1. The van der Waals surface area contributed by atoms with Crippen LogP contribution in [0.3, 0.4) is 0 Å². The van der Waals surface area contributed by atoms with Crippen LogP contribution in [0.2, 0.25) is 0 Å². The first-order valence-electron chi connectivity index (χ1n) is 5.98. The average Bonchev–Trinajstić information content (AvgIpc) is 2.48. The van der Waals surface area contributed by atoms with Gasteiger partial charge in [0.25, 0.3) is 0 Å². The highest BCUT2D eigenvalue weighted by Gasteiger charge is 2.62. The van der Waals surface area contributed by atoms with Crippen molar-refractivity contribution in [1.82, 2.24) is 0 Å². The van der Waals surface area contributed by atoms with Crippen molar-refractivity contribution in [3.63, 3.8) is 0 Å². The molecule has 0 aromatic heterocycles. The van der Waals surface area contributed by atoms with E-state index in [1.807, 2.05) is 0 Å². The Hall–Kier alpha value is -2.12. The molecule has 0 heterocycles. The van der Waals surface area contributed by atoms with Crippen molar-refractivity contribution < 1.29 is 36.6 Å². The molecule has 0 aliphatic carbocycles. The van der Waals surface area contributed by atoms with Gasteiger partial charge < -0.3 is 9.47 Å². The number of rotatable bonds is 9. The number of carbonyl (C=O) groups excluding carboxylic acids is 2. The minimum Gasteiger partial charge on any atom is -0.459 e. The molecule has 22 heavy (non-hydrogen) atoms. The van der Waals surface area contributed by atoms with E-state index in [9.17, 15) is 27.2 Å². The van der Waals surface area contributed by atoms with Crippen LogP contribution in [-0.2, 0) is 19.1 Å². The summed E-state index contributed by atoms with van der Waals surface area (Å²) in [7, 11) is 0. The molecule has 0 amide bonds. The monoisotopic (exact) mass is 324 g/mol. The van der Waals surface area contributed by atoms with Crippen molar-refractivity contribution in [2.45, 2.75) is 24.7 Å². The standard InChI is InChI=1S/C14H16F4O4/c1-5-11(19)21-7-10(15)14(18,9(3)4)13(16,17)8-22-12(20)6-2/h5-6,10H,1-3,7-8H2,4H3. The van der Waals surface area contributed by atoms with Crippen LogP contribution in [0.4, 0.5) is 17.6 Å². The first-order valence-corrected chi connectivity index (χ1v) is 5.98. The molecule has 0 aromatic carbocycles. The molecular weight excluding hydrogens is 308 g/mol. The van der Waals surface area contributed by atoms with Gasteiger partial charge in [-0.2, -0.15) is 8.78 Å². The van der Waals surface area contributed by atoms with Gasteiger partial charge in [-0.3, -0.25) is 0 Å². The van der Waals surface area contributed by atoms with E-state index in [1.54, 1.807) is 0 Å². The van der Waals surface area contributed by atoms with Crippen LogP contribution >= 0.6 is 0 Å². The molecule has 4 nitrogen and oxygen atoms in total. The number of allylic oxidation sites excluding steroid dienone is 1. The fourth-order valence-electron chi connectivity index (χ4n) is 1.46. The van der Waals surface area contributed by atoms with Gasteiger partial charge in [0.2, 0.25) is 5.67 Å². The quantitative estimate of drug-likeness (QED) is 0.283. The van der Waals surface area contributed by atoms with E-state index in [0.29, 0.717) is 12.2 Å². The van der Waals surface area contributed by atoms with E-state index in [1.165, 1.54) is 0 Å². The first kappa shape index (κ1) is 19.9. The molecule has 0 N–H and O–H groups in total. The van der Waals surface area contributed by atoms with Crippen LogP contribution < -0.4 is 0 Å². The Bertz CT molecular complexity index is 475. The van der Waals surface area contributed by atoms with Crippen molar-refractivity contribution in [3.8, 4) is 0 Å². The summed E-state index contributed by atoms with van der Waals surface area (Å²) in [5.74, 6) is -6.76. The van der Waals surface area contributed by atoms with E-state index in [-0.39, 0.29) is 0 Å². The fraction of sp³-hybridized carbons (Fsp3) is 0.429. The van der Waals surface area contributed by atoms with Gasteiger partial charge >= 0.3 is 17.9 Å². The van der Waals surface area contributed by atoms with Crippen molar-refractivity contribution in [2.75, 3.05) is 13.2 Å². The summed E-state index contributed by atoms with van der Waals surface area (Å²) in [6.07, 6.45) is -1.67. The number of esters is 2. The molecule has 8 heteroatoms. The first-order chi connectivity index (χ1) is 10.0. The zero-order valence-corrected chi connectivity index (χ0v) is 11.9. The third-order valence-corrected chi connectivity index (χ3v) is 2.69. The van der Waals surface area contributed by atoms with E-state index in [2.05, 4.69) is 29.2 Å². The summed E-state index contributed by atoms with van der Waals surface area (Å²) in [5.41, 5.74) is -4.75. The Morgan fingerprint density at radius 3 is 2.00 bits per heavy atom. The topological polar surface area (TPSA) is 52.6 Å². The molecule has 2 atom stereocenters. The van der Waals surface area contributed by atoms with Gasteiger partial charge in [0.1, 0.15) is 6.61 Å². The Labute approximate surface area is 125 Å². The lowest BCUT2D eigenvalue weighted by Gasteiger charge is -2.35. The average molecular weight is 324 g/mol. The molecule has 124 valence electrons. The van der Waals surface area contributed by atoms with E-state index in [0.717, 1.165) is 6.92 Å². The largest absolute Gasteiger partial charge is 0.459 e. The highest BCUT2D eigenvalue weighted by molar-refractivity contribution is 5.81. The summed E-state index contributed by atoms with van der Waals surface area (Å²) in [5, 5.41) is 0. The maximum atomic E-state index is 14.5. The number of halogens is 4. The number of ether oxygens (including phenoxy) is 2. The SMILES string of the molecule is C=CC(=O)OCC(F)C(F)(C(=C)C)C(F)(F)COC(=O)C=C. The van der Waals surface area contributed by atoms with Gasteiger partial charge in [0.15, 0.2) is 12.8 Å². The zero-order chi connectivity index (χ0) is 17.6. The highest BCUT2D eigenvalue weighted by Crippen LogP contribution is 2.42. The summed E-state index contributed by atoms with van der Waals surface area (Å²) in [4.78, 5) is 21.6. The van der Waals surface area contributed by atoms with Gasteiger partial charge in [0.05, 0.1) is 0 Å². The van der Waals surface area contributed by atoms with Crippen molar-refractivity contribution in [2.24, 2.45) is 0 Å². The van der Waals surface area contributed by atoms with Crippen LogP contribution in [0.15, 0.2) is 37.5 Å². The van der Waals surface area contributed by atoms with Crippen LogP contribution in [0.25, 0.3) is 0 Å². The van der Waals surface area contributed by atoms with Gasteiger partial charge in [0, 0.05) is 12.2 Å². The van der Waals surface area contributed by atoms with Crippen molar-refractivity contribution >= 4 is 11.9 Å². The second kappa shape index (κ2) is 7.77. The lowest BCUT2D eigenvalue weighted by molar-refractivity contribution is -0.193. The maximum Gasteiger partial charge on any atom is 0.330 e. The molecule has 2 unspecified atom stereocenters. The summed E-state index contributed by atoms with van der Waals surface area (Å²) < 4.78 is 64.6. The summed E-state index contributed by atoms with van der Waals surface area (Å²) in [6.45, 7) is 6.83. The molecule has 0 fully saturated rings. The fourth-order valence-corrected chi connectivity index (χ4v) is 1.46. The number of alkyl halides is 4. The van der Waals surface area contributed by atoms with E-state index >= 15 is 0 Å². The molecule has 0 bridgehead atoms. The van der Waals surface area contributed by atoms with Gasteiger partial charge in [-0.15, -0.1) is 0 Å². The minimum absolute atomic E-state index is 0.593. The van der Waals surface area contributed by atoms with E-state index in [4.69, 9.17) is 0 Å². The molecule has 0 aromatic rings. The Balaban J connectivity index is 5.23. The molecule has 0 spiro atoms. The summed E-state index contributed by atoms with van der Waals surface area (Å²) >= 11 is 0. The van der Waals surface area contributed by atoms with Crippen LogP contribution in [0.1, 0.15) is 6.92 Å². The minimum atomic E-state index is -4.43. The lowest BCUT2D eigenvalue weighted by atomic mass is 9.86. The van der Waals surface area contributed by atoms with E-state index < -0.39 is 48.5 Å². The smallest absolute Gasteiger partial charge is 0.330 e. The van der Waals surface area contributed by atoms with Gasteiger partial charge in [-0.1, -0.05) is 19.7 Å². The van der Waals surface area contributed by atoms with Crippen molar-refractivity contribution in [1.29, 1.82) is 0 Å². The second-order valence-electron chi connectivity index (χ2n) is 4.31. The summed E-state index contributed by atoms with van der Waals surface area (Å²) in [6, 6.07) is 0. The molecule has 0 radical (unpaired) electrons. The zero-order valence-electron chi connectivity index (χ0n) is 11.9. The number of hydrogen-bond acceptors (Lipinski definition) is 4. The highest BCUT2D eigenvalue weighted by atomic mass is 19.3. The third kappa shape index (κ3) is 4.44. The van der Waals surface area contributed by atoms with Gasteiger partial charge in [-0.05, 0) is 12.5 Å². The number of carbonyl (C=O) groups is 2. The molecular formula is C14H16F4O4. The molecule has 0 saturated heterocycles. The second-order valence-corrected chi connectivity index (χ2v) is 4.31. The van der Waals surface area contributed by atoms with Crippen molar-refractivity contribution in [3.05, 3.63) is 37.5 Å². The van der Waals surface area contributed by atoms with Crippen LogP contribution in [0, 0.1) is 0 Å². The third-order valence-electron chi connectivity index (χ3n) is 2.69.